The number of halogens is 2. The topological polar surface area (TPSA) is 37.4 Å². The van der Waals surface area contributed by atoms with Crippen molar-refractivity contribution < 1.29 is 12.8 Å². The first-order chi connectivity index (χ1) is 12.4. The van der Waals surface area contributed by atoms with Gasteiger partial charge in [0.15, 0.2) is 0 Å². The molecule has 0 radical (unpaired) electrons. The van der Waals surface area contributed by atoms with Gasteiger partial charge in [-0.3, -0.25) is 4.31 Å². The largest absolute Gasteiger partial charge is 0.264 e. The maximum absolute atomic E-state index is 14.1. The van der Waals surface area contributed by atoms with Crippen molar-refractivity contribution in [3.8, 4) is 0 Å². The van der Waals surface area contributed by atoms with Gasteiger partial charge >= 0.3 is 0 Å². The van der Waals surface area contributed by atoms with E-state index >= 15 is 0 Å². The minimum absolute atomic E-state index is 0.0961. The number of hydrogen-bond donors (Lipinski definition) is 0. The zero-order valence-corrected chi connectivity index (χ0v) is 15.6. The van der Waals surface area contributed by atoms with Crippen LogP contribution in [0.2, 0.25) is 5.02 Å². The lowest BCUT2D eigenvalue weighted by atomic mass is 10.2. The molecule has 3 nitrogen and oxygen atoms in total. The molecule has 0 amide bonds. The van der Waals surface area contributed by atoms with Crippen molar-refractivity contribution in [2.24, 2.45) is 0 Å². The number of hydrogen-bond acceptors (Lipinski definition) is 2. The van der Waals surface area contributed by atoms with Gasteiger partial charge in [-0.15, -0.1) is 0 Å². The number of sulfonamides is 1. The summed E-state index contributed by atoms with van der Waals surface area (Å²) in [7, 11) is -3.89. The van der Waals surface area contributed by atoms with Gasteiger partial charge in [-0.05, 0) is 49.4 Å². The molecular weight excluding hydrogens is 373 g/mol. The highest BCUT2D eigenvalue weighted by Crippen LogP contribution is 2.27. The highest BCUT2D eigenvalue weighted by atomic mass is 35.5. The van der Waals surface area contributed by atoms with Crippen LogP contribution in [0.5, 0.6) is 0 Å². The van der Waals surface area contributed by atoms with Crippen LogP contribution in [-0.4, -0.2) is 8.42 Å². The number of aryl methyl sites for hydroxylation is 1. The molecule has 0 N–H and O–H groups in total. The van der Waals surface area contributed by atoms with Crippen LogP contribution >= 0.6 is 11.6 Å². The molecule has 0 spiro atoms. The number of nitrogens with zero attached hydrogens (tertiary/aromatic N) is 1. The van der Waals surface area contributed by atoms with E-state index in [1.165, 1.54) is 34.6 Å². The van der Waals surface area contributed by atoms with Crippen LogP contribution in [-0.2, 0) is 16.6 Å². The van der Waals surface area contributed by atoms with Crippen LogP contribution in [0.4, 0.5) is 10.1 Å². The van der Waals surface area contributed by atoms with Gasteiger partial charge in [-0.2, -0.15) is 0 Å². The number of rotatable bonds is 5. The van der Waals surface area contributed by atoms with Crippen molar-refractivity contribution in [3.05, 3.63) is 94.8 Å². The Bertz CT molecular complexity index is 1000. The second-order valence-electron chi connectivity index (χ2n) is 5.89. The average Bonchev–Trinajstić information content (AvgIpc) is 2.62. The molecular formula is C20H17ClFNO2S. The van der Waals surface area contributed by atoms with Gasteiger partial charge in [-0.1, -0.05) is 47.5 Å². The fourth-order valence-corrected chi connectivity index (χ4v) is 4.11. The summed E-state index contributed by atoms with van der Waals surface area (Å²) >= 11 is 5.87. The zero-order valence-electron chi connectivity index (χ0n) is 14.1. The Kier molecular flexibility index (Phi) is 5.30. The molecule has 0 aliphatic rings. The van der Waals surface area contributed by atoms with E-state index in [0.717, 1.165) is 5.56 Å². The molecule has 0 fully saturated rings. The van der Waals surface area contributed by atoms with Crippen LogP contribution in [0, 0.1) is 12.7 Å². The van der Waals surface area contributed by atoms with Crippen LogP contribution in [0.1, 0.15) is 11.1 Å². The SMILES string of the molecule is Cc1ccc(N(Cc2ccccc2F)S(=O)(=O)c2ccc(Cl)cc2)cc1. The Balaban J connectivity index is 2.09. The van der Waals surface area contributed by atoms with Gasteiger partial charge in [0.05, 0.1) is 17.1 Å². The predicted molar refractivity (Wildman–Crippen MR) is 102 cm³/mol. The minimum atomic E-state index is -3.89. The van der Waals surface area contributed by atoms with Gasteiger partial charge in [0.2, 0.25) is 0 Å². The summed E-state index contributed by atoms with van der Waals surface area (Å²) in [5.41, 5.74) is 1.77. The van der Waals surface area contributed by atoms with Gasteiger partial charge < -0.3 is 0 Å². The first-order valence-electron chi connectivity index (χ1n) is 7.96. The Morgan fingerprint density at radius 2 is 1.54 bits per heavy atom. The highest BCUT2D eigenvalue weighted by Gasteiger charge is 2.26. The summed E-state index contributed by atoms with van der Waals surface area (Å²) in [6.45, 7) is 1.80. The van der Waals surface area contributed by atoms with Crippen molar-refractivity contribution in [3.63, 3.8) is 0 Å². The third kappa shape index (κ3) is 3.89. The van der Waals surface area contributed by atoms with Crippen molar-refractivity contribution in [2.75, 3.05) is 4.31 Å². The standard InChI is InChI=1S/C20H17ClFNO2S/c1-15-6-10-18(11-7-15)23(14-16-4-2-3-5-20(16)22)26(24,25)19-12-8-17(21)9-13-19/h2-13H,14H2,1H3. The monoisotopic (exact) mass is 389 g/mol. The predicted octanol–water partition coefficient (Wildman–Crippen LogP) is 5.18. The van der Waals surface area contributed by atoms with Crippen LogP contribution in [0.15, 0.2) is 77.7 Å². The van der Waals surface area contributed by atoms with E-state index in [9.17, 15) is 12.8 Å². The molecule has 0 aromatic heterocycles. The molecule has 3 aromatic rings. The highest BCUT2D eigenvalue weighted by molar-refractivity contribution is 7.92. The first kappa shape index (κ1) is 18.4. The van der Waals surface area contributed by atoms with Crippen molar-refractivity contribution in [1.29, 1.82) is 0 Å². The van der Waals surface area contributed by atoms with Crippen LogP contribution in [0.25, 0.3) is 0 Å². The molecule has 134 valence electrons. The Morgan fingerprint density at radius 1 is 0.923 bits per heavy atom. The zero-order chi connectivity index (χ0) is 18.7. The number of benzene rings is 3. The maximum atomic E-state index is 14.1. The van der Waals surface area contributed by atoms with Crippen molar-refractivity contribution in [1.82, 2.24) is 0 Å². The van der Waals surface area contributed by atoms with E-state index in [-0.39, 0.29) is 11.4 Å². The van der Waals surface area contributed by atoms with E-state index in [1.54, 1.807) is 30.3 Å². The van der Waals surface area contributed by atoms with Gasteiger partial charge in [0.1, 0.15) is 5.82 Å². The van der Waals surface area contributed by atoms with Crippen molar-refractivity contribution in [2.45, 2.75) is 18.4 Å². The molecule has 6 heteroatoms. The fourth-order valence-electron chi connectivity index (χ4n) is 2.54. The minimum Gasteiger partial charge on any atom is -0.262 e. The molecule has 3 rings (SSSR count). The molecule has 0 aliphatic carbocycles. The maximum Gasteiger partial charge on any atom is 0.264 e. The Labute approximate surface area is 157 Å². The normalized spacial score (nSPS) is 11.3. The van der Waals surface area contributed by atoms with Crippen LogP contribution in [0.3, 0.4) is 0 Å². The average molecular weight is 390 g/mol. The smallest absolute Gasteiger partial charge is 0.262 e. The van der Waals surface area contributed by atoms with Gasteiger partial charge in [0, 0.05) is 10.6 Å². The third-order valence-electron chi connectivity index (χ3n) is 4.00. The molecule has 0 atom stereocenters. The van der Waals surface area contributed by atoms with E-state index in [4.69, 9.17) is 11.6 Å². The molecule has 0 saturated carbocycles. The first-order valence-corrected chi connectivity index (χ1v) is 9.78. The van der Waals surface area contributed by atoms with Crippen LogP contribution < -0.4 is 4.31 Å². The van der Waals surface area contributed by atoms with E-state index in [0.29, 0.717) is 16.3 Å². The summed E-state index contributed by atoms with van der Waals surface area (Å²) < 4.78 is 41.7. The summed E-state index contributed by atoms with van der Waals surface area (Å²) in [5.74, 6) is -0.448. The lowest BCUT2D eigenvalue weighted by Crippen LogP contribution is -2.31. The van der Waals surface area contributed by atoms with E-state index in [2.05, 4.69) is 0 Å². The lowest BCUT2D eigenvalue weighted by molar-refractivity contribution is 0.585. The fraction of sp³-hybridized carbons (Fsp3) is 0.100. The summed E-state index contributed by atoms with van der Waals surface area (Å²) in [6, 6.07) is 19.1. The second-order valence-corrected chi connectivity index (χ2v) is 8.19. The molecule has 0 heterocycles. The Hall–Kier alpha value is -2.37. The molecule has 0 unspecified atom stereocenters. The molecule has 0 aliphatic heterocycles. The summed E-state index contributed by atoms with van der Waals surface area (Å²) in [5, 5.41) is 0.444. The summed E-state index contributed by atoms with van der Waals surface area (Å²) in [6.07, 6.45) is 0. The molecule has 3 aromatic carbocycles. The third-order valence-corrected chi connectivity index (χ3v) is 6.04. The summed E-state index contributed by atoms with van der Waals surface area (Å²) in [4.78, 5) is 0.0961. The van der Waals surface area contributed by atoms with Gasteiger partial charge in [0.25, 0.3) is 10.0 Å². The second kappa shape index (κ2) is 7.48. The lowest BCUT2D eigenvalue weighted by Gasteiger charge is -2.25. The molecule has 0 saturated heterocycles. The molecule has 0 bridgehead atoms. The van der Waals surface area contributed by atoms with E-state index in [1.807, 2.05) is 19.1 Å². The number of anilines is 1. The van der Waals surface area contributed by atoms with E-state index < -0.39 is 15.8 Å². The Morgan fingerprint density at radius 3 is 2.15 bits per heavy atom. The quantitative estimate of drug-likeness (QED) is 0.602. The van der Waals surface area contributed by atoms with Crippen molar-refractivity contribution >= 4 is 27.3 Å². The molecule has 26 heavy (non-hydrogen) atoms. The van der Waals surface area contributed by atoms with Gasteiger partial charge in [-0.25, -0.2) is 12.8 Å².